The van der Waals surface area contributed by atoms with Gasteiger partial charge in [-0.3, -0.25) is 4.18 Å². The van der Waals surface area contributed by atoms with Gasteiger partial charge in [0.25, 0.3) is 0 Å². The molecule has 0 aromatic heterocycles. The van der Waals surface area contributed by atoms with E-state index in [2.05, 4.69) is 30.2 Å². The van der Waals surface area contributed by atoms with E-state index in [1.807, 2.05) is 0 Å². The molecule has 0 aromatic rings. The van der Waals surface area contributed by atoms with Crippen molar-refractivity contribution in [2.75, 3.05) is 6.61 Å². The number of hydrogen-bond acceptors (Lipinski definition) is 4. The van der Waals surface area contributed by atoms with Gasteiger partial charge in [0.15, 0.2) is 0 Å². The Morgan fingerprint density at radius 1 is 0.629 bits per heavy atom. The van der Waals surface area contributed by atoms with E-state index >= 15 is 0 Å². The largest absolute Gasteiger partial charge is 1.00 e. The molecular formula is C29H57KO4S. The Balaban J connectivity index is 0. The molecule has 35 heavy (non-hydrogen) atoms. The van der Waals surface area contributed by atoms with E-state index in [4.69, 9.17) is 0 Å². The third-order valence-corrected chi connectivity index (χ3v) is 7.16. The molecule has 0 aliphatic heterocycles. The molecular weight excluding hydrogens is 483 g/mol. The van der Waals surface area contributed by atoms with Crippen LogP contribution in [0.1, 0.15) is 162 Å². The van der Waals surface area contributed by atoms with Crippen LogP contribution in [0, 0.1) is 5.92 Å². The van der Waals surface area contributed by atoms with Gasteiger partial charge < -0.3 is 4.55 Å². The predicted octanol–water partition coefficient (Wildman–Crippen LogP) is 6.65. The molecule has 1 atom stereocenters. The zero-order chi connectivity index (χ0) is 25.2. The van der Waals surface area contributed by atoms with E-state index in [1.54, 1.807) is 0 Å². The standard InChI is InChI=1S/C29H58O4S.K/c1-3-5-7-9-11-13-14-15-16-17-19-21-23-25-27-29(28-33-34(30,31)32)26-24-22-20-18-12-10-8-6-4-2;/h25,27,29H,3-24,26,28H2,1-2H3,(H,30,31,32);/q;+1/p-1/b27-25+;. The summed E-state index contributed by atoms with van der Waals surface area (Å²) in [6, 6.07) is 0. The van der Waals surface area contributed by atoms with Crippen molar-refractivity contribution in [3.8, 4) is 0 Å². The minimum absolute atomic E-state index is 0. The molecule has 0 spiro atoms. The van der Waals surface area contributed by atoms with Crippen molar-refractivity contribution in [2.45, 2.75) is 162 Å². The Morgan fingerprint density at radius 2 is 1.00 bits per heavy atom. The third kappa shape index (κ3) is 33.2. The first kappa shape index (κ1) is 38.4. The monoisotopic (exact) mass is 540 g/mol. The van der Waals surface area contributed by atoms with Gasteiger partial charge in [-0.1, -0.05) is 154 Å². The fraction of sp³-hybridized carbons (Fsp3) is 0.931. The van der Waals surface area contributed by atoms with Crippen LogP contribution in [-0.2, 0) is 14.6 Å². The summed E-state index contributed by atoms with van der Waals surface area (Å²) in [6.07, 6.45) is 33.7. The van der Waals surface area contributed by atoms with Crippen LogP contribution in [0.5, 0.6) is 0 Å². The summed E-state index contributed by atoms with van der Waals surface area (Å²) in [7, 11) is -4.61. The quantitative estimate of drug-likeness (QED) is 0.0384. The molecule has 0 saturated heterocycles. The van der Waals surface area contributed by atoms with Crippen LogP contribution in [0.2, 0.25) is 0 Å². The summed E-state index contributed by atoms with van der Waals surface area (Å²) in [4.78, 5) is 0. The maximum Gasteiger partial charge on any atom is 1.00 e. The van der Waals surface area contributed by atoms with Crippen LogP contribution >= 0.6 is 0 Å². The van der Waals surface area contributed by atoms with Gasteiger partial charge in [-0.25, -0.2) is 8.42 Å². The van der Waals surface area contributed by atoms with Gasteiger partial charge in [-0.2, -0.15) is 0 Å². The van der Waals surface area contributed by atoms with Gasteiger partial charge in [0, 0.05) is 5.92 Å². The van der Waals surface area contributed by atoms with Crippen molar-refractivity contribution in [3.05, 3.63) is 12.2 Å². The Bertz CT molecular complexity index is 537. The summed E-state index contributed by atoms with van der Waals surface area (Å²) < 4.78 is 37.1. The normalized spacial score (nSPS) is 12.8. The molecule has 0 aromatic carbocycles. The molecule has 0 aliphatic rings. The van der Waals surface area contributed by atoms with Crippen LogP contribution in [0.3, 0.4) is 0 Å². The van der Waals surface area contributed by atoms with Crippen molar-refractivity contribution in [1.82, 2.24) is 0 Å². The van der Waals surface area contributed by atoms with Gasteiger partial charge >= 0.3 is 51.4 Å². The Morgan fingerprint density at radius 3 is 1.40 bits per heavy atom. The van der Waals surface area contributed by atoms with E-state index in [9.17, 15) is 13.0 Å². The van der Waals surface area contributed by atoms with Crippen LogP contribution in [-0.4, -0.2) is 19.6 Å². The minimum Gasteiger partial charge on any atom is -0.726 e. The molecule has 0 N–H and O–H groups in total. The molecule has 0 radical (unpaired) electrons. The van der Waals surface area contributed by atoms with Crippen molar-refractivity contribution >= 4 is 10.4 Å². The molecule has 0 fully saturated rings. The Hall–Kier alpha value is 1.25. The summed E-state index contributed by atoms with van der Waals surface area (Å²) >= 11 is 0. The van der Waals surface area contributed by atoms with Crippen molar-refractivity contribution in [1.29, 1.82) is 0 Å². The summed E-state index contributed by atoms with van der Waals surface area (Å²) in [5.41, 5.74) is 0. The molecule has 0 bridgehead atoms. The van der Waals surface area contributed by atoms with Crippen LogP contribution in [0.25, 0.3) is 0 Å². The van der Waals surface area contributed by atoms with Gasteiger partial charge in [0.2, 0.25) is 10.4 Å². The van der Waals surface area contributed by atoms with Crippen molar-refractivity contribution in [2.24, 2.45) is 5.92 Å². The van der Waals surface area contributed by atoms with Gasteiger partial charge in [-0.15, -0.1) is 0 Å². The number of unbranched alkanes of at least 4 members (excludes halogenated alkanes) is 20. The van der Waals surface area contributed by atoms with E-state index in [-0.39, 0.29) is 63.9 Å². The van der Waals surface area contributed by atoms with Crippen molar-refractivity contribution < 1.29 is 68.5 Å². The second-order valence-corrected chi connectivity index (χ2v) is 11.2. The zero-order valence-corrected chi connectivity index (χ0v) is 27.7. The second-order valence-electron chi connectivity index (χ2n) is 10.2. The molecule has 0 aliphatic carbocycles. The predicted molar refractivity (Wildman–Crippen MR) is 146 cm³/mol. The maximum atomic E-state index is 10.9. The number of rotatable bonds is 27. The summed E-state index contributed by atoms with van der Waals surface area (Å²) in [6.45, 7) is 4.49. The minimum atomic E-state index is -4.61. The van der Waals surface area contributed by atoms with Gasteiger partial charge in [0.1, 0.15) is 0 Å². The fourth-order valence-electron chi connectivity index (χ4n) is 4.51. The summed E-state index contributed by atoms with van der Waals surface area (Å²) in [5.74, 6) is 0.0191. The first-order chi connectivity index (χ1) is 16.5. The first-order valence-electron chi connectivity index (χ1n) is 14.8. The van der Waals surface area contributed by atoms with E-state index < -0.39 is 10.4 Å². The third-order valence-electron chi connectivity index (χ3n) is 6.74. The van der Waals surface area contributed by atoms with Crippen LogP contribution < -0.4 is 51.4 Å². The van der Waals surface area contributed by atoms with Gasteiger partial charge in [0.05, 0.1) is 6.61 Å². The van der Waals surface area contributed by atoms with Crippen LogP contribution in [0.4, 0.5) is 0 Å². The molecule has 1 unspecified atom stereocenters. The average molecular weight is 541 g/mol. The average Bonchev–Trinajstić information content (AvgIpc) is 2.80. The van der Waals surface area contributed by atoms with Gasteiger partial charge in [-0.05, 0) is 19.3 Å². The molecule has 0 amide bonds. The topological polar surface area (TPSA) is 66.4 Å². The number of hydrogen-bond donors (Lipinski definition) is 0. The van der Waals surface area contributed by atoms with Crippen LogP contribution in [0.15, 0.2) is 12.2 Å². The molecule has 6 heteroatoms. The van der Waals surface area contributed by atoms with E-state index in [0.29, 0.717) is 0 Å². The number of allylic oxidation sites excluding steroid dienone is 1. The molecule has 204 valence electrons. The maximum absolute atomic E-state index is 10.9. The molecule has 0 saturated carbocycles. The first-order valence-corrected chi connectivity index (χ1v) is 16.1. The summed E-state index contributed by atoms with van der Waals surface area (Å²) in [5, 5.41) is 0. The smallest absolute Gasteiger partial charge is 0.726 e. The van der Waals surface area contributed by atoms with E-state index in [1.165, 1.54) is 128 Å². The van der Waals surface area contributed by atoms with E-state index in [0.717, 1.165) is 19.3 Å². The molecule has 4 nitrogen and oxygen atoms in total. The molecule has 0 rings (SSSR count). The Labute approximate surface area is 262 Å². The SMILES string of the molecule is CCCCCCCCCCCCCC/C=C/C(CCCCCCCCCCC)COS(=O)(=O)[O-].[K+]. The fourth-order valence-corrected chi connectivity index (χ4v) is 4.86. The Kier molecular flexibility index (Phi) is 32.7. The second kappa shape index (κ2) is 29.8. The zero-order valence-electron chi connectivity index (χ0n) is 23.7. The van der Waals surface area contributed by atoms with Crippen molar-refractivity contribution in [3.63, 3.8) is 0 Å². The molecule has 0 heterocycles.